The maximum absolute atomic E-state index is 12.7. The number of sulfonamides is 1. The molecule has 0 atom stereocenters. The molecule has 0 bridgehead atoms. The van der Waals surface area contributed by atoms with Crippen LogP contribution in [-0.4, -0.2) is 46.7 Å². The highest BCUT2D eigenvalue weighted by atomic mass is 35.5. The molecule has 2 heterocycles. The van der Waals surface area contributed by atoms with Crippen molar-refractivity contribution in [2.24, 2.45) is 0 Å². The standard InChI is InChI=1S/C20H22ClN5O3S/c1-14-4-5-15(12-17(14)21)22-20(27)8-11-26-19-7-6-16(13-18(19)23-24-26)30(28,29)25-9-2-3-10-25/h4-7,12-13H,2-3,8-11H2,1H3,(H,22,27). The average Bonchev–Trinajstić information content (AvgIpc) is 3.39. The lowest BCUT2D eigenvalue weighted by molar-refractivity contribution is -0.116. The molecule has 10 heteroatoms. The van der Waals surface area contributed by atoms with Crippen LogP contribution in [0.5, 0.6) is 0 Å². The molecule has 1 saturated heterocycles. The van der Waals surface area contributed by atoms with E-state index in [-0.39, 0.29) is 17.2 Å². The SMILES string of the molecule is Cc1ccc(NC(=O)CCn2nnc3cc(S(=O)(=O)N4CCCC4)ccc32)cc1Cl. The first-order valence-corrected chi connectivity index (χ1v) is 11.6. The summed E-state index contributed by atoms with van der Waals surface area (Å²) in [6.45, 7) is 3.31. The minimum atomic E-state index is -3.51. The first kappa shape index (κ1) is 20.8. The molecule has 1 N–H and O–H groups in total. The van der Waals surface area contributed by atoms with Crippen LogP contribution in [0, 0.1) is 6.92 Å². The number of halogens is 1. The summed E-state index contributed by atoms with van der Waals surface area (Å²) in [5.41, 5.74) is 2.74. The number of anilines is 1. The molecule has 1 amide bonds. The number of aryl methyl sites for hydroxylation is 2. The van der Waals surface area contributed by atoms with Gasteiger partial charge in [0.1, 0.15) is 5.52 Å². The van der Waals surface area contributed by atoms with Crippen molar-refractivity contribution in [3.8, 4) is 0 Å². The summed E-state index contributed by atoms with van der Waals surface area (Å²) in [6, 6.07) is 10.2. The largest absolute Gasteiger partial charge is 0.326 e. The van der Waals surface area contributed by atoms with Gasteiger partial charge >= 0.3 is 0 Å². The summed E-state index contributed by atoms with van der Waals surface area (Å²) in [5, 5.41) is 11.6. The highest BCUT2D eigenvalue weighted by Crippen LogP contribution is 2.24. The molecule has 0 radical (unpaired) electrons. The number of hydrogen-bond acceptors (Lipinski definition) is 5. The minimum absolute atomic E-state index is 0.174. The van der Waals surface area contributed by atoms with Crippen molar-refractivity contribution in [1.82, 2.24) is 19.3 Å². The zero-order chi connectivity index (χ0) is 21.3. The number of nitrogens with one attached hydrogen (secondary N) is 1. The van der Waals surface area contributed by atoms with E-state index in [4.69, 9.17) is 11.6 Å². The molecule has 1 aliphatic heterocycles. The summed E-state index contributed by atoms with van der Waals surface area (Å²) < 4.78 is 28.6. The number of rotatable bonds is 6. The fourth-order valence-electron chi connectivity index (χ4n) is 3.46. The molecule has 4 rings (SSSR count). The zero-order valence-electron chi connectivity index (χ0n) is 16.5. The molecular formula is C20H22ClN5O3S. The quantitative estimate of drug-likeness (QED) is 0.625. The number of benzene rings is 2. The molecule has 8 nitrogen and oxygen atoms in total. The van der Waals surface area contributed by atoms with E-state index in [1.54, 1.807) is 35.0 Å². The van der Waals surface area contributed by atoms with E-state index in [2.05, 4.69) is 15.6 Å². The average molecular weight is 448 g/mol. The molecule has 0 unspecified atom stereocenters. The van der Waals surface area contributed by atoms with E-state index in [0.29, 0.717) is 41.4 Å². The number of nitrogens with zero attached hydrogens (tertiary/aromatic N) is 4. The monoisotopic (exact) mass is 447 g/mol. The van der Waals surface area contributed by atoms with Gasteiger partial charge < -0.3 is 5.32 Å². The first-order chi connectivity index (χ1) is 14.3. The molecule has 1 aliphatic rings. The van der Waals surface area contributed by atoms with Gasteiger partial charge in [-0.25, -0.2) is 13.1 Å². The Morgan fingerprint density at radius 2 is 1.93 bits per heavy atom. The fourth-order valence-corrected chi connectivity index (χ4v) is 5.17. The van der Waals surface area contributed by atoms with Gasteiger partial charge in [-0.3, -0.25) is 4.79 Å². The number of fused-ring (bicyclic) bond motifs is 1. The van der Waals surface area contributed by atoms with Crippen molar-refractivity contribution in [3.63, 3.8) is 0 Å². The fraction of sp³-hybridized carbons (Fsp3) is 0.350. The Hall–Kier alpha value is -2.49. The Bertz CT molecular complexity index is 1200. The lowest BCUT2D eigenvalue weighted by Gasteiger charge is -2.15. The Balaban J connectivity index is 1.45. The Labute approximate surface area is 179 Å². The van der Waals surface area contributed by atoms with Crippen LogP contribution in [0.25, 0.3) is 11.0 Å². The first-order valence-electron chi connectivity index (χ1n) is 9.74. The van der Waals surface area contributed by atoms with E-state index in [1.807, 2.05) is 13.0 Å². The molecule has 30 heavy (non-hydrogen) atoms. The summed E-state index contributed by atoms with van der Waals surface area (Å²) in [7, 11) is -3.51. The number of carbonyl (C=O) groups is 1. The van der Waals surface area contributed by atoms with Crippen molar-refractivity contribution in [1.29, 1.82) is 0 Å². The van der Waals surface area contributed by atoms with Crippen molar-refractivity contribution >= 4 is 44.3 Å². The smallest absolute Gasteiger partial charge is 0.243 e. The van der Waals surface area contributed by atoms with E-state index in [0.717, 1.165) is 18.4 Å². The second kappa shape index (κ2) is 8.33. The number of hydrogen-bond donors (Lipinski definition) is 1. The highest BCUT2D eigenvalue weighted by Gasteiger charge is 2.27. The second-order valence-corrected chi connectivity index (χ2v) is 9.68. The van der Waals surface area contributed by atoms with Crippen LogP contribution in [0.2, 0.25) is 5.02 Å². The summed E-state index contributed by atoms with van der Waals surface area (Å²) in [4.78, 5) is 12.5. The lowest BCUT2D eigenvalue weighted by Crippen LogP contribution is -2.27. The van der Waals surface area contributed by atoms with E-state index in [1.165, 1.54) is 4.31 Å². The van der Waals surface area contributed by atoms with Gasteiger partial charge in [-0.05, 0) is 55.7 Å². The predicted molar refractivity (Wildman–Crippen MR) is 115 cm³/mol. The van der Waals surface area contributed by atoms with Crippen molar-refractivity contribution in [3.05, 3.63) is 47.0 Å². The van der Waals surface area contributed by atoms with Crippen molar-refractivity contribution in [2.75, 3.05) is 18.4 Å². The van der Waals surface area contributed by atoms with Gasteiger partial charge in [-0.1, -0.05) is 22.9 Å². The van der Waals surface area contributed by atoms with Gasteiger partial charge in [0.05, 0.1) is 17.0 Å². The van der Waals surface area contributed by atoms with Crippen LogP contribution in [0.1, 0.15) is 24.8 Å². The lowest BCUT2D eigenvalue weighted by atomic mass is 10.2. The maximum atomic E-state index is 12.7. The summed E-state index contributed by atoms with van der Waals surface area (Å²) in [6.07, 6.45) is 1.96. The number of carbonyl (C=O) groups excluding carboxylic acids is 1. The summed E-state index contributed by atoms with van der Waals surface area (Å²) >= 11 is 6.09. The van der Waals surface area contributed by atoms with Gasteiger partial charge in [0.25, 0.3) is 0 Å². The third kappa shape index (κ3) is 4.19. The van der Waals surface area contributed by atoms with Crippen molar-refractivity contribution in [2.45, 2.75) is 37.6 Å². The Morgan fingerprint density at radius 1 is 1.17 bits per heavy atom. The number of amides is 1. The molecular weight excluding hydrogens is 426 g/mol. The van der Waals surface area contributed by atoms with Gasteiger partial charge in [0.15, 0.2) is 0 Å². The van der Waals surface area contributed by atoms with Crippen LogP contribution in [-0.2, 0) is 21.4 Å². The maximum Gasteiger partial charge on any atom is 0.243 e. The molecule has 158 valence electrons. The van der Waals surface area contributed by atoms with Crippen LogP contribution in [0.15, 0.2) is 41.3 Å². The Morgan fingerprint density at radius 3 is 2.67 bits per heavy atom. The van der Waals surface area contributed by atoms with Crippen molar-refractivity contribution < 1.29 is 13.2 Å². The second-order valence-electron chi connectivity index (χ2n) is 7.34. The van der Waals surface area contributed by atoms with Gasteiger partial charge in [0, 0.05) is 30.2 Å². The molecule has 0 saturated carbocycles. The van der Waals surface area contributed by atoms with Crippen LogP contribution in [0.4, 0.5) is 5.69 Å². The molecule has 3 aromatic rings. The molecule has 0 aliphatic carbocycles. The van der Waals surface area contributed by atoms with Gasteiger partial charge in [0.2, 0.25) is 15.9 Å². The minimum Gasteiger partial charge on any atom is -0.326 e. The molecule has 0 spiro atoms. The van der Waals surface area contributed by atoms with E-state index in [9.17, 15) is 13.2 Å². The third-order valence-electron chi connectivity index (χ3n) is 5.19. The molecule has 1 fully saturated rings. The van der Waals surface area contributed by atoms with Gasteiger partial charge in [-0.2, -0.15) is 4.31 Å². The Kier molecular flexibility index (Phi) is 5.77. The normalized spacial score (nSPS) is 15.0. The third-order valence-corrected chi connectivity index (χ3v) is 7.50. The highest BCUT2D eigenvalue weighted by molar-refractivity contribution is 7.89. The molecule has 2 aromatic carbocycles. The number of aromatic nitrogens is 3. The van der Waals surface area contributed by atoms with Crippen LogP contribution < -0.4 is 5.32 Å². The zero-order valence-corrected chi connectivity index (χ0v) is 18.1. The van der Waals surface area contributed by atoms with Crippen LogP contribution in [0.3, 0.4) is 0 Å². The van der Waals surface area contributed by atoms with E-state index >= 15 is 0 Å². The summed E-state index contributed by atoms with van der Waals surface area (Å²) in [5.74, 6) is -0.174. The topological polar surface area (TPSA) is 97.2 Å². The van der Waals surface area contributed by atoms with E-state index < -0.39 is 10.0 Å². The van der Waals surface area contributed by atoms with Crippen LogP contribution >= 0.6 is 11.6 Å². The molecule has 1 aromatic heterocycles. The van der Waals surface area contributed by atoms with Gasteiger partial charge in [-0.15, -0.1) is 5.10 Å². The predicted octanol–water partition coefficient (Wildman–Crippen LogP) is 3.21.